The molecule has 1 aromatic heterocycles. The smallest absolute Gasteiger partial charge is 0.274 e. The maximum Gasteiger partial charge on any atom is 0.274 e. The lowest BCUT2D eigenvalue weighted by molar-refractivity contribution is -0.385. The third-order valence-corrected chi connectivity index (χ3v) is 8.45. The van der Waals surface area contributed by atoms with Gasteiger partial charge in [-0.25, -0.2) is 13.1 Å². The number of nitro groups is 1. The number of aromatic nitrogens is 2. The number of ether oxygens (including phenoxy) is 2. The molecule has 0 spiro atoms. The van der Waals surface area contributed by atoms with Crippen LogP contribution in [0.15, 0.2) is 41.3 Å². The summed E-state index contributed by atoms with van der Waals surface area (Å²) in [6, 6.07) is 8.81. The summed E-state index contributed by atoms with van der Waals surface area (Å²) in [5.74, 6) is -0.276. The molecule has 0 atom stereocenters. The summed E-state index contributed by atoms with van der Waals surface area (Å²) in [5.41, 5.74) is 2.71. The minimum Gasteiger partial charge on any atom is -0.437 e. The fourth-order valence-corrected chi connectivity index (χ4v) is 5.79. The van der Waals surface area contributed by atoms with Crippen molar-refractivity contribution in [3.8, 4) is 17.3 Å². The van der Waals surface area contributed by atoms with E-state index in [-0.39, 0.29) is 39.9 Å². The molecule has 1 amide bonds. The van der Waals surface area contributed by atoms with Crippen molar-refractivity contribution in [2.24, 2.45) is 0 Å². The lowest BCUT2D eigenvalue weighted by Gasteiger charge is -2.26. The number of hydrogen-bond donors (Lipinski definition) is 1. The summed E-state index contributed by atoms with van der Waals surface area (Å²) in [7, 11) is -4.13. The zero-order chi connectivity index (χ0) is 27.9. The van der Waals surface area contributed by atoms with Crippen LogP contribution in [0.3, 0.4) is 0 Å². The standard InChI is InChI=1S/C26H29N5O7S/c1-16-5-4-6-21(17(16)2)30-26(18(3)24(27-30)25(32)29-11-13-37-14-12-29)38-22-10-9-20(31(33)34)15-23(22)39(35,36)28-19-7-8-19/h4-6,9-10,15,19,28H,7-8,11-14H2,1-3H3. The summed E-state index contributed by atoms with van der Waals surface area (Å²) < 4.78 is 42.1. The van der Waals surface area contributed by atoms with Crippen LogP contribution in [-0.2, 0) is 14.8 Å². The fraction of sp³-hybridized carbons (Fsp3) is 0.385. The molecule has 0 unspecified atom stereocenters. The number of benzene rings is 2. The zero-order valence-electron chi connectivity index (χ0n) is 21.8. The molecule has 0 bridgehead atoms. The van der Waals surface area contributed by atoms with Crippen LogP contribution in [-0.4, -0.2) is 66.3 Å². The summed E-state index contributed by atoms with van der Waals surface area (Å²) in [6.07, 6.45) is 1.38. The van der Waals surface area contributed by atoms with Crippen molar-refractivity contribution < 1.29 is 27.6 Å². The van der Waals surface area contributed by atoms with Gasteiger partial charge in [-0.1, -0.05) is 12.1 Å². The first-order valence-corrected chi connectivity index (χ1v) is 14.1. The van der Waals surface area contributed by atoms with Gasteiger partial charge in [-0.2, -0.15) is 9.78 Å². The molecular weight excluding hydrogens is 526 g/mol. The van der Waals surface area contributed by atoms with Gasteiger partial charge in [0.05, 0.1) is 23.8 Å². The second kappa shape index (κ2) is 10.4. The van der Waals surface area contributed by atoms with Gasteiger partial charge in [-0.15, -0.1) is 0 Å². The quantitative estimate of drug-likeness (QED) is 0.329. The predicted octanol–water partition coefficient (Wildman–Crippen LogP) is 3.41. The number of nitrogens with zero attached hydrogens (tertiary/aromatic N) is 4. The zero-order valence-corrected chi connectivity index (χ0v) is 22.7. The topological polar surface area (TPSA) is 146 Å². The normalized spacial score (nSPS) is 15.8. The van der Waals surface area contributed by atoms with Crippen LogP contribution < -0.4 is 9.46 Å². The summed E-state index contributed by atoms with van der Waals surface area (Å²) in [4.78, 5) is 25.5. The molecule has 206 valence electrons. The maximum absolute atomic E-state index is 13.5. The number of aryl methyl sites for hydroxylation is 1. The maximum atomic E-state index is 13.5. The number of amides is 1. The Labute approximate surface area is 225 Å². The number of non-ortho nitro benzene ring substituents is 1. The van der Waals surface area contributed by atoms with Gasteiger partial charge in [0.15, 0.2) is 5.69 Å². The summed E-state index contributed by atoms with van der Waals surface area (Å²) >= 11 is 0. The highest BCUT2D eigenvalue weighted by Crippen LogP contribution is 2.37. The first kappa shape index (κ1) is 26.8. The molecule has 2 aromatic carbocycles. The summed E-state index contributed by atoms with van der Waals surface area (Å²) in [6.45, 7) is 7.22. The highest BCUT2D eigenvalue weighted by Gasteiger charge is 2.33. The Kier molecular flexibility index (Phi) is 7.14. The van der Waals surface area contributed by atoms with Crippen molar-refractivity contribution in [1.29, 1.82) is 0 Å². The molecule has 13 heteroatoms. The second-order valence-electron chi connectivity index (χ2n) is 9.70. The number of nitrogens with one attached hydrogen (secondary N) is 1. The van der Waals surface area contributed by atoms with Crippen LogP contribution in [0.2, 0.25) is 0 Å². The minimum absolute atomic E-state index is 0.117. The molecule has 2 heterocycles. The van der Waals surface area contributed by atoms with Gasteiger partial charge in [-0.3, -0.25) is 14.9 Å². The Morgan fingerprint density at radius 1 is 1.13 bits per heavy atom. The number of nitro benzene ring substituents is 1. The molecule has 1 saturated carbocycles. The molecule has 2 aliphatic rings. The van der Waals surface area contributed by atoms with Gasteiger partial charge in [0.2, 0.25) is 15.9 Å². The van der Waals surface area contributed by atoms with E-state index in [1.54, 1.807) is 11.8 Å². The Morgan fingerprint density at radius 2 is 1.85 bits per heavy atom. The molecule has 5 rings (SSSR count). The van der Waals surface area contributed by atoms with Crippen molar-refractivity contribution in [1.82, 2.24) is 19.4 Å². The Balaban J connectivity index is 1.65. The first-order valence-electron chi connectivity index (χ1n) is 12.6. The van der Waals surface area contributed by atoms with E-state index in [0.717, 1.165) is 17.2 Å². The van der Waals surface area contributed by atoms with Gasteiger partial charge in [0, 0.05) is 36.8 Å². The predicted molar refractivity (Wildman–Crippen MR) is 141 cm³/mol. The second-order valence-corrected chi connectivity index (χ2v) is 11.4. The number of hydrogen-bond acceptors (Lipinski definition) is 8. The monoisotopic (exact) mass is 555 g/mol. The number of carbonyl (C=O) groups excluding carboxylic acids is 1. The average Bonchev–Trinajstić information content (AvgIpc) is 3.67. The van der Waals surface area contributed by atoms with E-state index in [4.69, 9.17) is 9.47 Å². The van der Waals surface area contributed by atoms with E-state index >= 15 is 0 Å². The van der Waals surface area contributed by atoms with Crippen LogP contribution in [0.5, 0.6) is 11.6 Å². The molecular formula is C26H29N5O7S. The van der Waals surface area contributed by atoms with Gasteiger partial charge in [-0.05, 0) is 56.9 Å². The van der Waals surface area contributed by atoms with E-state index in [9.17, 15) is 23.3 Å². The molecule has 1 saturated heterocycles. The lowest BCUT2D eigenvalue weighted by atomic mass is 10.1. The molecule has 12 nitrogen and oxygen atoms in total. The van der Waals surface area contributed by atoms with E-state index in [2.05, 4.69) is 9.82 Å². The van der Waals surface area contributed by atoms with Crippen molar-refractivity contribution in [3.63, 3.8) is 0 Å². The van der Waals surface area contributed by atoms with Crippen LogP contribution in [0.1, 0.15) is 40.0 Å². The number of morpholine rings is 1. The minimum atomic E-state index is -4.13. The lowest BCUT2D eigenvalue weighted by Crippen LogP contribution is -2.41. The Morgan fingerprint density at radius 3 is 2.51 bits per heavy atom. The largest absolute Gasteiger partial charge is 0.437 e. The Hall–Kier alpha value is -3.81. The third kappa shape index (κ3) is 5.37. The van der Waals surface area contributed by atoms with E-state index in [0.29, 0.717) is 50.4 Å². The molecule has 1 aliphatic heterocycles. The molecule has 2 fully saturated rings. The van der Waals surface area contributed by atoms with Crippen molar-refractivity contribution in [2.75, 3.05) is 26.3 Å². The van der Waals surface area contributed by atoms with Crippen LogP contribution >= 0.6 is 0 Å². The molecule has 1 aliphatic carbocycles. The van der Waals surface area contributed by atoms with Gasteiger partial charge >= 0.3 is 0 Å². The van der Waals surface area contributed by atoms with Crippen LogP contribution in [0, 0.1) is 30.9 Å². The van der Waals surface area contributed by atoms with Crippen molar-refractivity contribution in [3.05, 3.63) is 68.9 Å². The van der Waals surface area contributed by atoms with Crippen LogP contribution in [0.25, 0.3) is 5.69 Å². The molecule has 39 heavy (non-hydrogen) atoms. The van der Waals surface area contributed by atoms with E-state index in [1.165, 1.54) is 16.8 Å². The molecule has 1 N–H and O–H groups in total. The third-order valence-electron chi connectivity index (χ3n) is 6.91. The van der Waals surface area contributed by atoms with Crippen LogP contribution in [0.4, 0.5) is 5.69 Å². The average molecular weight is 556 g/mol. The van der Waals surface area contributed by atoms with Crippen molar-refractivity contribution in [2.45, 2.75) is 44.6 Å². The van der Waals surface area contributed by atoms with Gasteiger partial charge in [0.25, 0.3) is 11.6 Å². The molecule has 3 aromatic rings. The number of sulfonamides is 1. The SMILES string of the molecule is Cc1cccc(-n2nc(C(=O)N3CCOCC3)c(C)c2Oc2ccc([N+](=O)[O-])cc2S(=O)(=O)NC2CC2)c1C. The summed E-state index contributed by atoms with van der Waals surface area (Å²) in [5, 5.41) is 16.1. The fourth-order valence-electron chi connectivity index (χ4n) is 4.34. The van der Waals surface area contributed by atoms with Gasteiger partial charge < -0.3 is 14.4 Å². The Bertz CT molecular complexity index is 1560. The molecule has 0 radical (unpaired) electrons. The number of carbonyl (C=O) groups is 1. The van der Waals surface area contributed by atoms with E-state index < -0.39 is 14.9 Å². The van der Waals surface area contributed by atoms with Crippen molar-refractivity contribution >= 4 is 21.6 Å². The van der Waals surface area contributed by atoms with Gasteiger partial charge in [0.1, 0.15) is 10.6 Å². The first-order chi connectivity index (χ1) is 18.6. The van der Waals surface area contributed by atoms with E-state index in [1.807, 2.05) is 32.0 Å². The highest BCUT2D eigenvalue weighted by atomic mass is 32.2. The number of rotatable bonds is 8. The highest BCUT2D eigenvalue weighted by molar-refractivity contribution is 7.89.